The van der Waals surface area contributed by atoms with E-state index in [2.05, 4.69) is 15.0 Å². The molecular formula is C23H30N4O3. The normalized spacial score (nSPS) is 18.1. The summed E-state index contributed by atoms with van der Waals surface area (Å²) < 4.78 is 5.30. The van der Waals surface area contributed by atoms with Gasteiger partial charge in [-0.05, 0) is 38.8 Å². The minimum Gasteiger partial charge on any atom is -0.441 e. The molecule has 7 nitrogen and oxygen atoms in total. The molecule has 1 aromatic carbocycles. The molecule has 1 amide bonds. The van der Waals surface area contributed by atoms with Crippen LogP contribution in [0.15, 0.2) is 59.5 Å². The molecule has 30 heavy (non-hydrogen) atoms. The van der Waals surface area contributed by atoms with E-state index in [1.54, 1.807) is 18.3 Å². The number of hydrogen-bond acceptors (Lipinski definition) is 4. The molecule has 0 atom stereocenters. The summed E-state index contributed by atoms with van der Waals surface area (Å²) in [6, 6.07) is 16.0. The minimum absolute atomic E-state index is 0.109. The monoisotopic (exact) mass is 410 g/mol. The summed E-state index contributed by atoms with van der Waals surface area (Å²) in [7, 11) is 0. The van der Waals surface area contributed by atoms with Crippen LogP contribution in [0, 0.1) is 0 Å². The number of nitrogens with one attached hydrogen (secondary N) is 2. The molecule has 3 aromatic rings. The van der Waals surface area contributed by atoms with Gasteiger partial charge in [0.25, 0.3) is 0 Å². The highest BCUT2D eigenvalue weighted by Crippen LogP contribution is 2.29. The van der Waals surface area contributed by atoms with Crippen LogP contribution in [-0.2, 0) is 4.74 Å². The molecular weight excluding hydrogens is 380 g/mol. The molecule has 5 rings (SSSR count). The number of amides is 1. The van der Waals surface area contributed by atoms with Gasteiger partial charge in [0.2, 0.25) is 0 Å². The largest absolute Gasteiger partial charge is 0.441 e. The van der Waals surface area contributed by atoms with Gasteiger partial charge in [-0.1, -0.05) is 55.7 Å². The quantitative estimate of drug-likeness (QED) is 0.618. The van der Waals surface area contributed by atoms with Crippen molar-refractivity contribution < 1.29 is 9.53 Å². The second kappa shape index (κ2) is 10.1. The third-order valence-corrected chi connectivity index (χ3v) is 5.12. The number of nitrogens with zero attached hydrogens (tertiary/aromatic N) is 2. The number of H-pyrrole nitrogens is 2. The number of rotatable bonds is 1. The topological polar surface area (TPSA) is 91.1 Å². The van der Waals surface area contributed by atoms with Crippen molar-refractivity contribution in [2.24, 2.45) is 0 Å². The van der Waals surface area contributed by atoms with Crippen molar-refractivity contribution in [2.75, 3.05) is 6.54 Å². The highest BCUT2D eigenvalue weighted by Gasteiger charge is 2.40. The maximum absolute atomic E-state index is 11.6. The van der Waals surface area contributed by atoms with Crippen LogP contribution in [0.1, 0.15) is 46.0 Å². The number of pyridine rings is 1. The molecule has 0 unspecified atom stereocenters. The molecule has 0 spiro atoms. The Hall–Kier alpha value is -3.09. The van der Waals surface area contributed by atoms with Crippen LogP contribution in [-0.4, -0.2) is 44.1 Å². The van der Waals surface area contributed by atoms with E-state index in [1.165, 1.54) is 19.3 Å². The molecule has 1 aliphatic heterocycles. The fourth-order valence-corrected chi connectivity index (χ4v) is 3.72. The number of carbonyl (C=O) groups is 1. The second-order valence-corrected chi connectivity index (χ2v) is 8.18. The van der Waals surface area contributed by atoms with Crippen molar-refractivity contribution in [3.8, 4) is 0 Å². The van der Waals surface area contributed by atoms with E-state index < -0.39 is 0 Å². The van der Waals surface area contributed by atoms with Gasteiger partial charge in [-0.2, -0.15) is 0 Å². The lowest BCUT2D eigenvalue weighted by Crippen LogP contribution is -2.38. The predicted octanol–water partition coefficient (Wildman–Crippen LogP) is 4.49. The molecule has 1 saturated carbocycles. The highest BCUT2D eigenvalue weighted by atomic mass is 16.6. The molecule has 7 heteroatoms. The molecule has 2 aliphatic rings. The average Bonchev–Trinajstić information content (AvgIpc) is 3.27. The Labute approximate surface area is 176 Å². The van der Waals surface area contributed by atoms with E-state index in [1.807, 2.05) is 55.1 Å². The standard InChI is InChI=1S/C11H19NO2.C6H5N3O.C6H6/c1-11(2)8-12(10(13)14-11)9-6-4-3-5-7-9;10-6-8-4-2-1-3-7-5(4)9-6;1-2-4-6-5-3-1/h9H,3-8H2,1-2H3;1-3H,(H2,7,8,9,10);1-6H. The first-order valence-corrected chi connectivity index (χ1v) is 10.5. The van der Waals surface area contributed by atoms with Crippen LogP contribution in [0.5, 0.6) is 0 Å². The van der Waals surface area contributed by atoms with Crippen molar-refractivity contribution in [1.82, 2.24) is 19.9 Å². The molecule has 0 bridgehead atoms. The Balaban J connectivity index is 0.000000139. The second-order valence-electron chi connectivity index (χ2n) is 8.18. The third-order valence-electron chi connectivity index (χ3n) is 5.12. The van der Waals surface area contributed by atoms with Crippen LogP contribution in [0.25, 0.3) is 11.2 Å². The molecule has 160 valence electrons. The number of ether oxygens (including phenoxy) is 1. The van der Waals surface area contributed by atoms with Crippen LogP contribution in [0.2, 0.25) is 0 Å². The van der Waals surface area contributed by atoms with Gasteiger partial charge in [-0.15, -0.1) is 0 Å². The Morgan fingerprint density at radius 2 is 1.60 bits per heavy atom. The number of aromatic amines is 2. The fraction of sp³-hybridized carbons (Fsp3) is 0.435. The Bertz CT molecular complexity index is 912. The third kappa shape index (κ3) is 6.20. The molecule has 1 aliphatic carbocycles. The summed E-state index contributed by atoms with van der Waals surface area (Å²) in [6.45, 7) is 4.72. The molecule has 2 N–H and O–H groups in total. The number of cyclic esters (lactones) is 1. The van der Waals surface area contributed by atoms with Crippen molar-refractivity contribution >= 4 is 17.3 Å². The average molecular weight is 411 g/mol. The molecule has 3 heterocycles. The van der Waals surface area contributed by atoms with Gasteiger partial charge in [0.05, 0.1) is 12.1 Å². The summed E-state index contributed by atoms with van der Waals surface area (Å²) in [5.41, 5.74) is 0.850. The van der Waals surface area contributed by atoms with Gasteiger partial charge in [-0.25, -0.2) is 14.6 Å². The molecule has 0 radical (unpaired) electrons. The summed E-state index contributed by atoms with van der Waals surface area (Å²) in [5, 5.41) is 0. The lowest BCUT2D eigenvalue weighted by molar-refractivity contribution is 0.0849. The lowest BCUT2D eigenvalue weighted by atomic mass is 9.94. The number of hydrogen-bond donors (Lipinski definition) is 2. The van der Waals surface area contributed by atoms with Crippen molar-refractivity contribution in [2.45, 2.75) is 57.6 Å². The van der Waals surface area contributed by atoms with Gasteiger partial charge >= 0.3 is 11.8 Å². The van der Waals surface area contributed by atoms with E-state index >= 15 is 0 Å². The van der Waals surface area contributed by atoms with Crippen molar-refractivity contribution in [3.05, 3.63) is 65.2 Å². The predicted molar refractivity (Wildman–Crippen MR) is 117 cm³/mol. The Morgan fingerprint density at radius 3 is 2.13 bits per heavy atom. The van der Waals surface area contributed by atoms with Crippen LogP contribution >= 0.6 is 0 Å². The first kappa shape index (κ1) is 21.6. The van der Waals surface area contributed by atoms with Crippen LogP contribution < -0.4 is 5.69 Å². The van der Waals surface area contributed by atoms with Crippen LogP contribution in [0.3, 0.4) is 0 Å². The smallest absolute Gasteiger partial charge is 0.410 e. The summed E-state index contributed by atoms with van der Waals surface area (Å²) in [5.74, 6) is 0. The summed E-state index contributed by atoms with van der Waals surface area (Å²) in [4.78, 5) is 33.2. The number of carbonyl (C=O) groups excluding carboxylic acids is 1. The fourth-order valence-electron chi connectivity index (χ4n) is 3.72. The summed E-state index contributed by atoms with van der Waals surface area (Å²) >= 11 is 0. The lowest BCUT2D eigenvalue weighted by Gasteiger charge is -2.29. The van der Waals surface area contributed by atoms with Gasteiger partial charge in [0.15, 0.2) is 5.65 Å². The maximum atomic E-state index is 11.6. The maximum Gasteiger partial charge on any atom is 0.410 e. The number of fused-ring (bicyclic) bond motifs is 1. The van der Waals surface area contributed by atoms with E-state index in [9.17, 15) is 9.59 Å². The Morgan fingerprint density at radius 1 is 0.967 bits per heavy atom. The van der Waals surface area contributed by atoms with E-state index in [-0.39, 0.29) is 17.4 Å². The zero-order chi connectivity index (χ0) is 21.4. The summed E-state index contributed by atoms with van der Waals surface area (Å²) in [6.07, 6.45) is 7.68. The highest BCUT2D eigenvalue weighted by molar-refractivity contribution is 5.71. The Kier molecular flexibility index (Phi) is 7.27. The first-order valence-electron chi connectivity index (χ1n) is 10.5. The van der Waals surface area contributed by atoms with Crippen LogP contribution in [0.4, 0.5) is 4.79 Å². The minimum atomic E-state index is -0.283. The number of imidazole rings is 1. The van der Waals surface area contributed by atoms with E-state index in [4.69, 9.17) is 4.74 Å². The SMILES string of the molecule is CC1(C)CN(C2CCCCC2)C(=O)O1.O=c1[nH]c2cccnc2[nH]1.c1ccccc1. The number of aromatic nitrogens is 3. The number of benzene rings is 1. The van der Waals surface area contributed by atoms with Gasteiger partial charge in [0, 0.05) is 12.2 Å². The zero-order valence-electron chi connectivity index (χ0n) is 17.6. The van der Waals surface area contributed by atoms with E-state index in [0.29, 0.717) is 11.7 Å². The zero-order valence-corrected chi connectivity index (χ0v) is 17.6. The first-order chi connectivity index (χ1) is 14.4. The van der Waals surface area contributed by atoms with E-state index in [0.717, 1.165) is 24.9 Å². The molecule has 2 aromatic heterocycles. The van der Waals surface area contributed by atoms with Gasteiger partial charge in [0.1, 0.15) is 5.60 Å². The van der Waals surface area contributed by atoms with Gasteiger partial charge < -0.3 is 14.6 Å². The molecule has 2 fully saturated rings. The van der Waals surface area contributed by atoms with Crippen molar-refractivity contribution in [1.29, 1.82) is 0 Å². The molecule has 1 saturated heterocycles. The van der Waals surface area contributed by atoms with Gasteiger partial charge in [-0.3, -0.25) is 4.98 Å². The van der Waals surface area contributed by atoms with Crippen molar-refractivity contribution in [3.63, 3.8) is 0 Å².